The molecule has 1 amide bonds. The van der Waals surface area contributed by atoms with Crippen LogP contribution < -0.4 is 5.32 Å². The van der Waals surface area contributed by atoms with E-state index in [9.17, 15) is 13.6 Å². The molecule has 0 aliphatic carbocycles. The van der Waals surface area contributed by atoms with Crippen molar-refractivity contribution in [1.82, 2.24) is 5.32 Å². The van der Waals surface area contributed by atoms with Gasteiger partial charge in [-0.15, -0.1) is 0 Å². The second kappa shape index (κ2) is 8.05. The van der Waals surface area contributed by atoms with Gasteiger partial charge in [-0.2, -0.15) is 0 Å². The first-order chi connectivity index (χ1) is 13.2. The number of nitrogens with zero attached hydrogens (tertiary/aromatic N) is 1. The van der Waals surface area contributed by atoms with Crippen molar-refractivity contribution in [1.29, 1.82) is 0 Å². The quantitative estimate of drug-likeness (QED) is 0.711. The smallest absolute Gasteiger partial charge is 0.284 e. The van der Waals surface area contributed by atoms with Gasteiger partial charge in [0.25, 0.3) is 6.43 Å². The number of rotatable bonds is 5. The molecule has 0 saturated heterocycles. The molecule has 1 atom stereocenters. The molecule has 1 heterocycles. The van der Waals surface area contributed by atoms with Gasteiger partial charge in [-0.3, -0.25) is 4.79 Å². The minimum Gasteiger partial charge on any atom is -0.378 e. The maximum atomic E-state index is 14.0. The molecule has 1 aliphatic heterocycles. The molecule has 0 bridgehead atoms. The van der Waals surface area contributed by atoms with Crippen LogP contribution in [0.3, 0.4) is 0 Å². The summed E-state index contributed by atoms with van der Waals surface area (Å²) in [7, 11) is 0. The van der Waals surface area contributed by atoms with E-state index in [1.165, 1.54) is 25.1 Å². The van der Waals surface area contributed by atoms with Crippen LogP contribution in [-0.2, 0) is 21.8 Å². The molecule has 0 spiro atoms. The lowest BCUT2D eigenvalue weighted by Crippen LogP contribution is -2.35. The summed E-state index contributed by atoms with van der Waals surface area (Å²) < 4.78 is 28.1. The first-order valence-corrected chi connectivity index (χ1v) is 9.31. The monoisotopic (exact) mass is 426 g/mol. The summed E-state index contributed by atoms with van der Waals surface area (Å²) in [5, 5.41) is 7.17. The summed E-state index contributed by atoms with van der Waals surface area (Å²) in [6.07, 6.45) is -2.95. The molecule has 8 heteroatoms. The molecular weight excluding hydrogens is 409 g/mol. The molecule has 3 rings (SSSR count). The van der Waals surface area contributed by atoms with Crippen LogP contribution in [0.1, 0.15) is 35.6 Å². The Morgan fingerprint density at radius 2 is 1.93 bits per heavy atom. The van der Waals surface area contributed by atoms with E-state index in [2.05, 4.69) is 10.5 Å². The first-order valence-electron chi connectivity index (χ1n) is 8.55. The number of carbonyl (C=O) groups excluding carboxylic acids is 1. The molecule has 28 heavy (non-hydrogen) atoms. The van der Waals surface area contributed by atoms with E-state index in [0.29, 0.717) is 17.8 Å². The average Bonchev–Trinajstić information content (AvgIpc) is 3.06. The maximum Gasteiger partial charge on any atom is 0.284 e. The highest BCUT2D eigenvalue weighted by atomic mass is 35.5. The molecule has 1 aliphatic rings. The molecule has 0 radical (unpaired) electrons. The van der Waals surface area contributed by atoms with Gasteiger partial charge >= 0.3 is 0 Å². The van der Waals surface area contributed by atoms with Crippen LogP contribution in [0.5, 0.6) is 0 Å². The van der Waals surface area contributed by atoms with Crippen LogP contribution in [0, 0.1) is 6.92 Å². The summed E-state index contributed by atoms with van der Waals surface area (Å²) >= 11 is 12.0. The highest BCUT2D eigenvalue weighted by Gasteiger charge is 2.50. The summed E-state index contributed by atoms with van der Waals surface area (Å²) in [5.41, 5.74) is 1.17. The number of amides is 1. The zero-order valence-corrected chi connectivity index (χ0v) is 16.7. The Morgan fingerprint density at radius 1 is 1.25 bits per heavy atom. The molecule has 148 valence electrons. The molecule has 0 fully saturated rings. The molecule has 0 saturated carbocycles. The Labute approximate surface area is 171 Å². The molecule has 4 nitrogen and oxygen atoms in total. The minimum atomic E-state index is -2.83. The van der Waals surface area contributed by atoms with Crippen molar-refractivity contribution in [3.63, 3.8) is 0 Å². The standard InChI is InChI=1S/C20H18Cl2F2N2O2/c1-11-5-13(3-4-14(11)10-25-12(2)27)18-9-20(19(23)24,28-26-18)15-6-16(21)8-17(22)7-15/h3-8,19H,9-10H2,1-2H3,(H,25,27). The normalized spacial score (nSPS) is 18.8. The third-order valence-corrected chi connectivity index (χ3v) is 5.09. The summed E-state index contributed by atoms with van der Waals surface area (Å²) in [6.45, 7) is 3.72. The maximum absolute atomic E-state index is 14.0. The summed E-state index contributed by atoms with van der Waals surface area (Å²) in [6, 6.07) is 9.76. The van der Waals surface area contributed by atoms with Gasteiger partial charge < -0.3 is 10.2 Å². The van der Waals surface area contributed by atoms with Crippen molar-refractivity contribution in [2.45, 2.75) is 38.8 Å². The number of carbonyl (C=O) groups is 1. The number of nitrogens with one attached hydrogen (secondary N) is 1. The summed E-state index contributed by atoms with van der Waals surface area (Å²) in [5.74, 6) is -0.126. The van der Waals surface area contributed by atoms with Crippen LogP contribution in [0.2, 0.25) is 10.0 Å². The zero-order valence-electron chi connectivity index (χ0n) is 15.2. The number of alkyl halides is 2. The number of aryl methyl sites for hydroxylation is 1. The van der Waals surface area contributed by atoms with Gasteiger partial charge in [-0.05, 0) is 47.9 Å². The van der Waals surface area contributed by atoms with Crippen molar-refractivity contribution in [2.75, 3.05) is 0 Å². The molecular formula is C20H18Cl2F2N2O2. The van der Waals surface area contributed by atoms with Crippen LogP contribution in [-0.4, -0.2) is 18.0 Å². The Balaban J connectivity index is 1.88. The third kappa shape index (κ3) is 4.13. The number of benzene rings is 2. The van der Waals surface area contributed by atoms with E-state index in [1.807, 2.05) is 19.1 Å². The number of hydrogen-bond acceptors (Lipinski definition) is 3. The third-order valence-electron chi connectivity index (χ3n) is 4.66. The second-order valence-electron chi connectivity index (χ2n) is 6.71. The van der Waals surface area contributed by atoms with E-state index in [1.54, 1.807) is 6.07 Å². The predicted molar refractivity (Wildman–Crippen MR) is 105 cm³/mol. The predicted octanol–water partition coefficient (Wildman–Crippen LogP) is 5.22. The van der Waals surface area contributed by atoms with Crippen molar-refractivity contribution in [3.05, 3.63) is 68.7 Å². The van der Waals surface area contributed by atoms with Gasteiger partial charge in [0.15, 0.2) is 0 Å². The van der Waals surface area contributed by atoms with Crippen molar-refractivity contribution >= 4 is 34.8 Å². The van der Waals surface area contributed by atoms with Gasteiger partial charge in [0, 0.05) is 35.5 Å². The van der Waals surface area contributed by atoms with Gasteiger partial charge in [0.2, 0.25) is 11.5 Å². The second-order valence-corrected chi connectivity index (χ2v) is 7.58. The molecule has 0 aromatic heterocycles. The zero-order chi connectivity index (χ0) is 20.5. The SMILES string of the molecule is CC(=O)NCc1ccc(C2=NOC(c3cc(Cl)cc(Cl)c3)(C(F)F)C2)cc1C. The van der Waals surface area contributed by atoms with E-state index in [4.69, 9.17) is 28.0 Å². The number of halogens is 4. The highest BCUT2D eigenvalue weighted by Crippen LogP contribution is 2.43. The Morgan fingerprint density at radius 3 is 2.50 bits per heavy atom. The van der Waals surface area contributed by atoms with Gasteiger partial charge in [-0.1, -0.05) is 40.5 Å². The Kier molecular flexibility index (Phi) is 5.91. The van der Waals surface area contributed by atoms with Gasteiger partial charge in [0.1, 0.15) is 0 Å². The minimum absolute atomic E-state index is 0.119. The average molecular weight is 427 g/mol. The van der Waals surface area contributed by atoms with E-state index in [-0.39, 0.29) is 27.9 Å². The number of hydrogen-bond donors (Lipinski definition) is 1. The lowest BCUT2D eigenvalue weighted by Gasteiger charge is -2.26. The van der Waals surface area contributed by atoms with Gasteiger partial charge in [0.05, 0.1) is 5.71 Å². The molecule has 1 N–H and O–H groups in total. The van der Waals surface area contributed by atoms with E-state index in [0.717, 1.165) is 11.1 Å². The van der Waals surface area contributed by atoms with Crippen molar-refractivity contribution < 1.29 is 18.4 Å². The Hall–Kier alpha value is -2.18. The lowest BCUT2D eigenvalue weighted by atomic mass is 9.87. The van der Waals surface area contributed by atoms with Gasteiger partial charge in [-0.25, -0.2) is 8.78 Å². The van der Waals surface area contributed by atoms with Crippen molar-refractivity contribution in [2.24, 2.45) is 5.16 Å². The molecule has 2 aromatic rings. The van der Waals surface area contributed by atoms with Crippen LogP contribution >= 0.6 is 23.2 Å². The van der Waals surface area contributed by atoms with Crippen molar-refractivity contribution in [3.8, 4) is 0 Å². The molecule has 1 unspecified atom stereocenters. The highest BCUT2D eigenvalue weighted by molar-refractivity contribution is 6.34. The number of oxime groups is 1. The fourth-order valence-corrected chi connectivity index (χ4v) is 3.62. The van der Waals surface area contributed by atoms with Crippen LogP contribution in [0.4, 0.5) is 8.78 Å². The topological polar surface area (TPSA) is 50.7 Å². The van der Waals surface area contributed by atoms with Crippen LogP contribution in [0.15, 0.2) is 41.6 Å². The largest absolute Gasteiger partial charge is 0.378 e. The van der Waals surface area contributed by atoms with Crippen LogP contribution in [0.25, 0.3) is 0 Å². The fourth-order valence-electron chi connectivity index (χ4n) is 3.09. The summed E-state index contributed by atoms with van der Waals surface area (Å²) in [4.78, 5) is 16.4. The first kappa shape index (κ1) is 20.6. The van der Waals surface area contributed by atoms with E-state index >= 15 is 0 Å². The Bertz CT molecular complexity index is 930. The lowest BCUT2D eigenvalue weighted by molar-refractivity contribution is -0.129. The fraction of sp³-hybridized carbons (Fsp3) is 0.300. The molecule has 2 aromatic carbocycles. The van der Waals surface area contributed by atoms with E-state index < -0.39 is 12.0 Å².